The van der Waals surface area contributed by atoms with E-state index in [-0.39, 0.29) is 5.91 Å². The quantitative estimate of drug-likeness (QED) is 0.760. The second-order valence-electron chi connectivity index (χ2n) is 4.06. The fourth-order valence-corrected chi connectivity index (χ4v) is 1.97. The van der Waals surface area contributed by atoms with E-state index in [0.29, 0.717) is 5.56 Å². The molecule has 0 unspecified atom stereocenters. The van der Waals surface area contributed by atoms with Crippen molar-refractivity contribution in [3.05, 3.63) is 36.2 Å². The summed E-state index contributed by atoms with van der Waals surface area (Å²) in [6, 6.07) is 1.84. The molecule has 84 valence electrons. The van der Waals surface area contributed by atoms with E-state index >= 15 is 0 Å². The third-order valence-corrected chi connectivity index (χ3v) is 2.89. The van der Waals surface area contributed by atoms with Crippen LogP contribution in [0.5, 0.6) is 0 Å². The number of hydrogen-bond donors (Lipinski definition) is 0. The largest absolute Gasteiger partial charge is 0.339 e. The summed E-state index contributed by atoms with van der Waals surface area (Å²) in [5.41, 5.74) is 1.56. The van der Waals surface area contributed by atoms with Gasteiger partial charge in [0.2, 0.25) is 0 Å². The summed E-state index contributed by atoms with van der Waals surface area (Å²) in [6.45, 7) is 5.42. The molecule has 1 aliphatic heterocycles. The Hall–Kier alpha value is -1.64. The minimum atomic E-state index is 0.0934. The van der Waals surface area contributed by atoms with E-state index in [1.54, 1.807) is 18.5 Å². The first-order valence-corrected chi connectivity index (χ1v) is 5.68. The van der Waals surface area contributed by atoms with Crippen LogP contribution in [0.25, 0.3) is 6.08 Å². The summed E-state index contributed by atoms with van der Waals surface area (Å²) in [6.07, 6.45) is 8.50. The number of aromatic nitrogens is 1. The van der Waals surface area contributed by atoms with E-state index in [2.05, 4.69) is 11.6 Å². The average molecular weight is 216 g/mol. The second-order valence-corrected chi connectivity index (χ2v) is 4.06. The molecule has 16 heavy (non-hydrogen) atoms. The van der Waals surface area contributed by atoms with Crippen LogP contribution < -0.4 is 0 Å². The van der Waals surface area contributed by atoms with E-state index in [0.717, 1.165) is 31.5 Å². The molecular weight excluding hydrogens is 200 g/mol. The molecule has 1 aromatic heterocycles. The predicted octanol–water partition coefficient (Wildman–Crippen LogP) is 2.35. The van der Waals surface area contributed by atoms with Crippen LogP contribution in [-0.4, -0.2) is 28.9 Å². The molecule has 2 heterocycles. The van der Waals surface area contributed by atoms with E-state index in [1.807, 2.05) is 11.0 Å². The zero-order chi connectivity index (χ0) is 11.4. The molecule has 0 aliphatic carbocycles. The Bertz CT molecular complexity index is 395. The Morgan fingerprint density at radius 3 is 2.75 bits per heavy atom. The normalized spacial score (nSPS) is 15.9. The van der Waals surface area contributed by atoms with Crippen molar-refractivity contribution >= 4 is 12.0 Å². The molecule has 1 fully saturated rings. The lowest BCUT2D eigenvalue weighted by Gasteiger charge is -2.26. The molecule has 1 amide bonds. The number of nitrogens with zero attached hydrogens (tertiary/aromatic N) is 2. The van der Waals surface area contributed by atoms with E-state index < -0.39 is 0 Å². The Morgan fingerprint density at radius 1 is 1.31 bits per heavy atom. The summed E-state index contributed by atoms with van der Waals surface area (Å²) in [5.74, 6) is 0.0934. The predicted molar refractivity (Wildman–Crippen MR) is 64.1 cm³/mol. The highest BCUT2D eigenvalue weighted by Crippen LogP contribution is 2.13. The molecule has 0 radical (unpaired) electrons. The van der Waals surface area contributed by atoms with Gasteiger partial charge < -0.3 is 4.90 Å². The third kappa shape index (κ3) is 2.30. The van der Waals surface area contributed by atoms with Crippen molar-refractivity contribution in [2.75, 3.05) is 13.1 Å². The molecule has 2 rings (SSSR count). The number of rotatable bonds is 2. The fourth-order valence-electron chi connectivity index (χ4n) is 1.97. The maximum Gasteiger partial charge on any atom is 0.255 e. The zero-order valence-corrected chi connectivity index (χ0v) is 9.35. The topological polar surface area (TPSA) is 33.2 Å². The van der Waals surface area contributed by atoms with Gasteiger partial charge in [0.05, 0.1) is 5.56 Å². The lowest BCUT2D eigenvalue weighted by atomic mass is 10.1. The van der Waals surface area contributed by atoms with Crippen molar-refractivity contribution < 1.29 is 4.79 Å². The number of carbonyl (C=O) groups excluding carboxylic acids is 1. The van der Waals surface area contributed by atoms with E-state index in [9.17, 15) is 4.79 Å². The molecule has 1 aromatic rings. The van der Waals surface area contributed by atoms with Gasteiger partial charge in [-0.2, -0.15) is 0 Å². The Morgan fingerprint density at radius 2 is 2.06 bits per heavy atom. The maximum atomic E-state index is 12.1. The first-order chi connectivity index (χ1) is 7.81. The number of hydrogen-bond acceptors (Lipinski definition) is 2. The first-order valence-electron chi connectivity index (χ1n) is 5.68. The van der Waals surface area contributed by atoms with E-state index in [1.165, 1.54) is 6.42 Å². The number of amides is 1. The monoisotopic (exact) mass is 216 g/mol. The number of pyridine rings is 1. The van der Waals surface area contributed by atoms with Gasteiger partial charge in [-0.15, -0.1) is 0 Å². The number of carbonyl (C=O) groups is 1. The molecule has 3 heteroatoms. The lowest BCUT2D eigenvalue weighted by molar-refractivity contribution is 0.0724. The van der Waals surface area contributed by atoms with Crippen LogP contribution in [-0.2, 0) is 0 Å². The van der Waals surface area contributed by atoms with Crippen molar-refractivity contribution in [2.24, 2.45) is 0 Å². The number of piperidine rings is 1. The van der Waals surface area contributed by atoms with Gasteiger partial charge in [0.1, 0.15) is 0 Å². The highest BCUT2D eigenvalue weighted by molar-refractivity contribution is 5.94. The minimum absolute atomic E-state index is 0.0934. The van der Waals surface area contributed by atoms with Gasteiger partial charge in [-0.1, -0.05) is 12.7 Å². The van der Waals surface area contributed by atoms with Crippen molar-refractivity contribution in [3.63, 3.8) is 0 Å². The summed E-state index contributed by atoms with van der Waals surface area (Å²) in [4.78, 5) is 18.1. The molecule has 0 atom stereocenters. The first kappa shape index (κ1) is 10.9. The van der Waals surface area contributed by atoms with Gasteiger partial charge in [0.15, 0.2) is 0 Å². The second kappa shape index (κ2) is 4.92. The molecular formula is C13H16N2O. The molecule has 0 aromatic carbocycles. The summed E-state index contributed by atoms with van der Waals surface area (Å²) < 4.78 is 0. The average Bonchev–Trinajstić information content (AvgIpc) is 2.39. The van der Waals surface area contributed by atoms with Crippen molar-refractivity contribution in [1.29, 1.82) is 0 Å². The van der Waals surface area contributed by atoms with Crippen LogP contribution in [0.3, 0.4) is 0 Å². The Labute approximate surface area is 95.8 Å². The van der Waals surface area contributed by atoms with E-state index in [4.69, 9.17) is 0 Å². The van der Waals surface area contributed by atoms with Crippen molar-refractivity contribution in [3.8, 4) is 0 Å². The van der Waals surface area contributed by atoms with Gasteiger partial charge >= 0.3 is 0 Å². The molecule has 0 N–H and O–H groups in total. The van der Waals surface area contributed by atoms with Gasteiger partial charge in [0, 0.05) is 25.5 Å². The van der Waals surface area contributed by atoms with Gasteiger partial charge in [-0.3, -0.25) is 9.78 Å². The SMILES string of the molecule is C=Cc1cncc(C(=O)N2CCCCC2)c1. The highest BCUT2D eigenvalue weighted by atomic mass is 16.2. The molecule has 0 spiro atoms. The molecule has 1 saturated heterocycles. The van der Waals surface area contributed by atoms with Crippen molar-refractivity contribution in [1.82, 2.24) is 9.88 Å². The van der Waals surface area contributed by atoms with Crippen LogP contribution in [0.1, 0.15) is 35.2 Å². The summed E-state index contributed by atoms with van der Waals surface area (Å²) in [5, 5.41) is 0. The molecule has 1 aliphatic rings. The summed E-state index contributed by atoms with van der Waals surface area (Å²) in [7, 11) is 0. The van der Waals surface area contributed by atoms with Gasteiger partial charge in [-0.25, -0.2) is 0 Å². The molecule has 0 bridgehead atoms. The molecule has 3 nitrogen and oxygen atoms in total. The third-order valence-electron chi connectivity index (χ3n) is 2.89. The lowest BCUT2D eigenvalue weighted by Crippen LogP contribution is -2.35. The van der Waals surface area contributed by atoms with Gasteiger partial charge in [-0.05, 0) is 30.9 Å². The maximum absolute atomic E-state index is 12.1. The summed E-state index contributed by atoms with van der Waals surface area (Å²) >= 11 is 0. The smallest absolute Gasteiger partial charge is 0.255 e. The zero-order valence-electron chi connectivity index (χ0n) is 9.35. The van der Waals surface area contributed by atoms with Crippen LogP contribution in [0.2, 0.25) is 0 Å². The van der Waals surface area contributed by atoms with Crippen LogP contribution in [0, 0.1) is 0 Å². The standard InChI is InChI=1S/C13H16N2O/c1-2-11-8-12(10-14-9-11)13(16)15-6-4-3-5-7-15/h2,8-10H,1,3-7H2. The number of likely N-dealkylation sites (tertiary alicyclic amines) is 1. The fraction of sp³-hybridized carbons (Fsp3) is 0.385. The van der Waals surface area contributed by atoms with Crippen LogP contribution >= 0.6 is 0 Å². The minimum Gasteiger partial charge on any atom is -0.339 e. The molecule has 0 saturated carbocycles. The highest BCUT2D eigenvalue weighted by Gasteiger charge is 2.18. The van der Waals surface area contributed by atoms with Crippen LogP contribution in [0.15, 0.2) is 25.0 Å². The van der Waals surface area contributed by atoms with Crippen LogP contribution in [0.4, 0.5) is 0 Å². The van der Waals surface area contributed by atoms with Crippen molar-refractivity contribution in [2.45, 2.75) is 19.3 Å². The Kier molecular flexibility index (Phi) is 3.34. The van der Waals surface area contributed by atoms with Gasteiger partial charge in [0.25, 0.3) is 5.91 Å². The Balaban J connectivity index is 2.15.